The molecule has 0 fully saturated rings. The number of furan rings is 1. The molecule has 21 heavy (non-hydrogen) atoms. The Kier molecular flexibility index (Phi) is 5.53. The molecule has 0 atom stereocenters. The minimum Gasteiger partial charge on any atom is -0.460 e. The van der Waals surface area contributed by atoms with E-state index in [0.717, 1.165) is 12.3 Å². The Morgan fingerprint density at radius 2 is 2.24 bits per heavy atom. The number of methoxy groups -OCH3 is 1. The zero-order valence-corrected chi connectivity index (χ0v) is 12.2. The average Bonchev–Trinajstić information content (AvgIpc) is 3.11. The summed E-state index contributed by atoms with van der Waals surface area (Å²) in [5.41, 5.74) is 1.03. The van der Waals surface area contributed by atoms with Crippen molar-refractivity contribution in [1.82, 2.24) is 20.8 Å². The van der Waals surface area contributed by atoms with Gasteiger partial charge in [0.2, 0.25) is 0 Å². The van der Waals surface area contributed by atoms with Crippen molar-refractivity contribution in [2.24, 2.45) is 0 Å². The molecule has 1 amide bonds. The van der Waals surface area contributed by atoms with Crippen LogP contribution in [0.3, 0.4) is 0 Å². The molecule has 0 aliphatic rings. The van der Waals surface area contributed by atoms with Gasteiger partial charge in [-0.1, -0.05) is 0 Å². The number of carbonyl (C=O) groups is 1. The number of carbonyl (C=O) groups excluding carboxylic acids is 1. The largest absolute Gasteiger partial charge is 0.460 e. The van der Waals surface area contributed by atoms with Crippen LogP contribution in [0.15, 0.2) is 22.6 Å². The van der Waals surface area contributed by atoms with Crippen molar-refractivity contribution in [1.29, 1.82) is 0 Å². The van der Waals surface area contributed by atoms with Crippen LogP contribution in [0.2, 0.25) is 0 Å². The molecule has 0 unspecified atom stereocenters. The molecule has 0 spiro atoms. The molecular weight excluding hydrogens is 272 g/mol. The van der Waals surface area contributed by atoms with E-state index < -0.39 is 0 Å². The Morgan fingerprint density at radius 1 is 1.38 bits per heavy atom. The topological polar surface area (TPSA) is 92.2 Å². The SMILES string of the molecule is COCCNCCNC(=O)c1cc(-c2ccc(C)o2)[nH]n1. The van der Waals surface area contributed by atoms with Crippen LogP contribution in [0.1, 0.15) is 16.2 Å². The van der Waals surface area contributed by atoms with Crippen LogP contribution in [-0.4, -0.2) is 49.5 Å². The maximum atomic E-state index is 11.9. The summed E-state index contributed by atoms with van der Waals surface area (Å²) in [6, 6.07) is 5.37. The lowest BCUT2D eigenvalue weighted by molar-refractivity contribution is 0.0948. The molecule has 0 bridgehead atoms. The summed E-state index contributed by atoms with van der Waals surface area (Å²) >= 11 is 0. The van der Waals surface area contributed by atoms with Crippen molar-refractivity contribution in [2.45, 2.75) is 6.92 Å². The highest BCUT2D eigenvalue weighted by Crippen LogP contribution is 2.20. The number of amides is 1. The molecule has 2 aromatic rings. The minimum absolute atomic E-state index is 0.214. The maximum Gasteiger partial charge on any atom is 0.271 e. The molecule has 0 aliphatic carbocycles. The van der Waals surface area contributed by atoms with Crippen molar-refractivity contribution < 1.29 is 13.9 Å². The normalized spacial score (nSPS) is 10.8. The molecular formula is C14H20N4O3. The smallest absolute Gasteiger partial charge is 0.271 e. The van der Waals surface area contributed by atoms with E-state index in [1.807, 2.05) is 19.1 Å². The summed E-state index contributed by atoms with van der Waals surface area (Å²) in [6.45, 7) is 4.49. The molecule has 7 nitrogen and oxygen atoms in total. The number of hydrogen-bond donors (Lipinski definition) is 3. The number of aromatic nitrogens is 2. The minimum atomic E-state index is -0.214. The lowest BCUT2D eigenvalue weighted by Gasteiger charge is -2.04. The summed E-state index contributed by atoms with van der Waals surface area (Å²) < 4.78 is 10.4. The number of nitrogens with zero attached hydrogens (tertiary/aromatic N) is 1. The third kappa shape index (κ3) is 4.44. The third-order valence-corrected chi connectivity index (χ3v) is 2.89. The Balaban J connectivity index is 1.79. The number of ether oxygens (including phenoxy) is 1. The molecule has 3 N–H and O–H groups in total. The van der Waals surface area contributed by atoms with Gasteiger partial charge in [0.25, 0.3) is 5.91 Å². The number of nitrogens with one attached hydrogen (secondary N) is 3. The van der Waals surface area contributed by atoms with Crippen LogP contribution in [0, 0.1) is 6.92 Å². The molecule has 2 rings (SSSR count). The highest BCUT2D eigenvalue weighted by Gasteiger charge is 2.12. The molecule has 0 aromatic carbocycles. The molecule has 0 saturated heterocycles. The number of aryl methyl sites for hydroxylation is 1. The van der Waals surface area contributed by atoms with Gasteiger partial charge in [-0.2, -0.15) is 5.10 Å². The van der Waals surface area contributed by atoms with Crippen LogP contribution in [0.4, 0.5) is 0 Å². The second-order valence-electron chi connectivity index (χ2n) is 4.58. The zero-order valence-electron chi connectivity index (χ0n) is 12.2. The van der Waals surface area contributed by atoms with Crippen molar-refractivity contribution in [3.05, 3.63) is 29.7 Å². The summed E-state index contributed by atoms with van der Waals surface area (Å²) in [5, 5.41) is 12.7. The van der Waals surface area contributed by atoms with E-state index in [2.05, 4.69) is 20.8 Å². The fourth-order valence-corrected chi connectivity index (χ4v) is 1.80. The van der Waals surface area contributed by atoms with Crippen molar-refractivity contribution in [3.8, 4) is 11.5 Å². The molecule has 0 aliphatic heterocycles. The molecule has 7 heteroatoms. The summed E-state index contributed by atoms with van der Waals surface area (Å²) in [5.74, 6) is 1.27. The Labute approximate surface area is 123 Å². The Bertz CT molecular complexity index is 576. The predicted octanol–water partition coefficient (Wildman–Crippen LogP) is 0.944. The lowest BCUT2D eigenvalue weighted by Crippen LogP contribution is -2.33. The monoisotopic (exact) mass is 292 g/mol. The first kappa shape index (κ1) is 15.3. The van der Waals surface area contributed by atoms with E-state index in [0.29, 0.717) is 36.8 Å². The first-order chi connectivity index (χ1) is 10.2. The number of aromatic amines is 1. The first-order valence-corrected chi connectivity index (χ1v) is 6.81. The van der Waals surface area contributed by atoms with E-state index in [1.54, 1.807) is 13.2 Å². The number of rotatable bonds is 8. The van der Waals surface area contributed by atoms with E-state index in [4.69, 9.17) is 9.15 Å². The fraction of sp³-hybridized carbons (Fsp3) is 0.429. The van der Waals surface area contributed by atoms with Gasteiger partial charge in [0.15, 0.2) is 11.5 Å². The Morgan fingerprint density at radius 3 is 2.95 bits per heavy atom. The first-order valence-electron chi connectivity index (χ1n) is 6.81. The van der Waals surface area contributed by atoms with Gasteiger partial charge in [-0.05, 0) is 19.1 Å². The fourth-order valence-electron chi connectivity index (χ4n) is 1.80. The number of H-pyrrole nitrogens is 1. The van der Waals surface area contributed by atoms with Gasteiger partial charge in [-0.3, -0.25) is 9.89 Å². The van der Waals surface area contributed by atoms with Crippen LogP contribution in [-0.2, 0) is 4.74 Å². The van der Waals surface area contributed by atoms with E-state index >= 15 is 0 Å². The predicted molar refractivity (Wildman–Crippen MR) is 78.1 cm³/mol. The van der Waals surface area contributed by atoms with Gasteiger partial charge >= 0.3 is 0 Å². The zero-order chi connectivity index (χ0) is 15.1. The van der Waals surface area contributed by atoms with Gasteiger partial charge in [-0.15, -0.1) is 0 Å². The Hall–Kier alpha value is -2.12. The molecule has 0 saturated carbocycles. The van der Waals surface area contributed by atoms with Gasteiger partial charge in [0, 0.05) is 32.8 Å². The lowest BCUT2D eigenvalue weighted by atomic mass is 10.3. The average molecular weight is 292 g/mol. The van der Waals surface area contributed by atoms with Gasteiger partial charge in [0.05, 0.1) is 6.61 Å². The highest BCUT2D eigenvalue weighted by atomic mass is 16.5. The molecule has 2 heterocycles. The quantitative estimate of drug-likeness (QED) is 0.630. The van der Waals surface area contributed by atoms with Crippen molar-refractivity contribution in [3.63, 3.8) is 0 Å². The molecule has 0 radical (unpaired) electrons. The summed E-state index contributed by atoms with van der Waals surface area (Å²) in [4.78, 5) is 11.9. The van der Waals surface area contributed by atoms with Gasteiger partial charge in [0.1, 0.15) is 11.5 Å². The van der Waals surface area contributed by atoms with E-state index in [9.17, 15) is 4.79 Å². The van der Waals surface area contributed by atoms with Crippen molar-refractivity contribution in [2.75, 3.05) is 33.4 Å². The van der Waals surface area contributed by atoms with E-state index in [1.165, 1.54) is 0 Å². The number of hydrogen-bond acceptors (Lipinski definition) is 5. The summed E-state index contributed by atoms with van der Waals surface area (Å²) in [7, 11) is 1.65. The third-order valence-electron chi connectivity index (χ3n) is 2.89. The van der Waals surface area contributed by atoms with Crippen LogP contribution >= 0.6 is 0 Å². The summed E-state index contributed by atoms with van der Waals surface area (Å²) in [6.07, 6.45) is 0. The van der Waals surface area contributed by atoms with Gasteiger partial charge in [-0.25, -0.2) is 0 Å². The molecule has 114 valence electrons. The standard InChI is InChI=1S/C14H20N4O3/c1-10-3-4-13(21-10)11-9-12(18-17-11)14(19)16-6-5-15-7-8-20-2/h3-4,9,15H,5-8H2,1-2H3,(H,16,19)(H,17,18). The second-order valence-corrected chi connectivity index (χ2v) is 4.58. The van der Waals surface area contributed by atoms with Gasteiger partial charge < -0.3 is 19.8 Å². The van der Waals surface area contributed by atoms with E-state index in [-0.39, 0.29) is 5.91 Å². The second kappa shape index (κ2) is 7.61. The van der Waals surface area contributed by atoms with Crippen LogP contribution in [0.25, 0.3) is 11.5 Å². The highest BCUT2D eigenvalue weighted by molar-refractivity contribution is 5.93. The maximum absolute atomic E-state index is 11.9. The van der Waals surface area contributed by atoms with Crippen molar-refractivity contribution >= 4 is 5.91 Å². The van der Waals surface area contributed by atoms with Crippen LogP contribution in [0.5, 0.6) is 0 Å². The van der Waals surface area contributed by atoms with Crippen LogP contribution < -0.4 is 10.6 Å². The molecule has 2 aromatic heterocycles.